The first kappa shape index (κ1) is 15.3. The second kappa shape index (κ2) is 6.56. The molecule has 5 nitrogen and oxygen atoms in total. The lowest BCUT2D eigenvalue weighted by Gasteiger charge is -2.07. The molecule has 2 aromatic carbocycles. The molecule has 108 valence electrons. The summed E-state index contributed by atoms with van der Waals surface area (Å²) in [7, 11) is 0. The number of carbonyl (C=O) groups is 1. The number of rotatable bonds is 5. The predicted molar refractivity (Wildman–Crippen MR) is 79.4 cm³/mol. The number of nitro groups is 1. The van der Waals surface area contributed by atoms with E-state index >= 15 is 0 Å². The first-order valence-corrected chi connectivity index (χ1v) is 6.59. The first-order chi connectivity index (χ1) is 9.99. The molecule has 0 heterocycles. The Morgan fingerprint density at radius 2 is 1.90 bits per heavy atom. The highest BCUT2D eigenvalue weighted by Gasteiger charge is 2.18. The largest absolute Gasteiger partial charge is 0.478 e. The highest BCUT2D eigenvalue weighted by Crippen LogP contribution is 2.30. The molecule has 7 heteroatoms. The predicted octanol–water partition coefficient (Wildman–Crippen LogP) is 4.16. The molecule has 0 aromatic heterocycles. The van der Waals surface area contributed by atoms with Gasteiger partial charge in [-0.25, -0.2) is 0 Å². The number of hydrogen-bond donors (Lipinski definition) is 0. The van der Waals surface area contributed by atoms with Crippen molar-refractivity contribution in [2.75, 3.05) is 6.61 Å². The zero-order valence-corrected chi connectivity index (χ0v) is 12.1. The molecular weight excluding hydrogens is 317 g/mol. The standard InChI is InChI=1S/C14H9Cl2NO4/c15-9-5-6-14(12(7-9)17(19)20)21-8-13(18)10-3-1-2-4-11(10)16/h1-7H,8H2. The molecule has 0 bridgehead atoms. The smallest absolute Gasteiger partial charge is 0.312 e. The third kappa shape index (κ3) is 3.71. The summed E-state index contributed by atoms with van der Waals surface area (Å²) < 4.78 is 5.22. The third-order valence-corrected chi connectivity index (χ3v) is 3.22. The van der Waals surface area contributed by atoms with E-state index in [1.807, 2.05) is 0 Å². The van der Waals surface area contributed by atoms with Crippen molar-refractivity contribution in [3.05, 3.63) is 68.2 Å². The molecule has 0 amide bonds. The number of ketones is 1. The number of benzene rings is 2. The van der Waals surface area contributed by atoms with Crippen LogP contribution in [0.3, 0.4) is 0 Å². The van der Waals surface area contributed by atoms with E-state index in [0.717, 1.165) is 6.07 Å². The van der Waals surface area contributed by atoms with E-state index in [9.17, 15) is 14.9 Å². The maximum atomic E-state index is 12.0. The van der Waals surface area contributed by atoms with Crippen LogP contribution in [0.25, 0.3) is 0 Å². The summed E-state index contributed by atoms with van der Waals surface area (Å²) in [5.74, 6) is -0.394. The maximum absolute atomic E-state index is 12.0. The normalized spacial score (nSPS) is 10.2. The topological polar surface area (TPSA) is 69.4 Å². The van der Waals surface area contributed by atoms with E-state index in [1.165, 1.54) is 12.1 Å². The van der Waals surface area contributed by atoms with Crippen LogP contribution < -0.4 is 4.74 Å². The van der Waals surface area contributed by atoms with Crippen molar-refractivity contribution in [3.8, 4) is 5.75 Å². The molecule has 0 N–H and O–H groups in total. The maximum Gasteiger partial charge on any atom is 0.312 e. The summed E-state index contributed by atoms with van der Waals surface area (Å²) in [4.78, 5) is 22.3. The van der Waals surface area contributed by atoms with Gasteiger partial charge in [0, 0.05) is 16.7 Å². The van der Waals surface area contributed by atoms with E-state index in [2.05, 4.69) is 0 Å². The van der Waals surface area contributed by atoms with Crippen molar-refractivity contribution in [2.24, 2.45) is 0 Å². The molecule has 0 aliphatic heterocycles. The molecule has 0 saturated heterocycles. The lowest BCUT2D eigenvalue weighted by Crippen LogP contribution is -2.12. The Morgan fingerprint density at radius 3 is 2.57 bits per heavy atom. The van der Waals surface area contributed by atoms with Gasteiger partial charge < -0.3 is 4.74 Å². The minimum atomic E-state index is -0.624. The van der Waals surface area contributed by atoms with Crippen LogP contribution in [0.5, 0.6) is 5.75 Å². The van der Waals surface area contributed by atoms with Crippen LogP contribution in [0.2, 0.25) is 10.0 Å². The fourth-order valence-electron chi connectivity index (χ4n) is 1.66. The van der Waals surface area contributed by atoms with Crippen LogP contribution >= 0.6 is 23.2 Å². The van der Waals surface area contributed by atoms with Gasteiger partial charge >= 0.3 is 5.69 Å². The molecule has 0 aliphatic carbocycles. The average molecular weight is 326 g/mol. The number of nitrogens with zero attached hydrogens (tertiary/aromatic N) is 1. The summed E-state index contributed by atoms with van der Waals surface area (Å²) in [6, 6.07) is 10.5. The van der Waals surface area contributed by atoms with Crippen molar-refractivity contribution >= 4 is 34.7 Å². The molecule has 0 fully saturated rings. The molecule has 0 saturated carbocycles. The van der Waals surface area contributed by atoms with Crippen molar-refractivity contribution in [1.82, 2.24) is 0 Å². The SMILES string of the molecule is O=C(COc1ccc(Cl)cc1[N+](=O)[O-])c1ccccc1Cl. The van der Waals surface area contributed by atoms with Crippen LogP contribution in [-0.2, 0) is 0 Å². The molecule has 0 radical (unpaired) electrons. The van der Waals surface area contributed by atoms with E-state index in [1.54, 1.807) is 24.3 Å². The third-order valence-electron chi connectivity index (χ3n) is 2.65. The van der Waals surface area contributed by atoms with Gasteiger partial charge in [-0.15, -0.1) is 0 Å². The molecular formula is C14H9Cl2NO4. The van der Waals surface area contributed by atoms with E-state index in [4.69, 9.17) is 27.9 Å². The van der Waals surface area contributed by atoms with E-state index < -0.39 is 4.92 Å². The molecule has 21 heavy (non-hydrogen) atoms. The van der Waals surface area contributed by atoms with Gasteiger partial charge in [-0.3, -0.25) is 14.9 Å². The Morgan fingerprint density at radius 1 is 1.19 bits per heavy atom. The first-order valence-electron chi connectivity index (χ1n) is 5.83. The second-order valence-electron chi connectivity index (χ2n) is 4.06. The number of nitro benzene ring substituents is 1. The minimum Gasteiger partial charge on any atom is -0.478 e. The van der Waals surface area contributed by atoms with Crippen molar-refractivity contribution in [3.63, 3.8) is 0 Å². The van der Waals surface area contributed by atoms with Crippen LogP contribution in [0.1, 0.15) is 10.4 Å². The van der Waals surface area contributed by atoms with Gasteiger partial charge in [-0.1, -0.05) is 35.3 Å². The summed E-state index contributed by atoms with van der Waals surface area (Å²) in [6.07, 6.45) is 0. The van der Waals surface area contributed by atoms with Crippen molar-refractivity contribution in [1.29, 1.82) is 0 Å². The van der Waals surface area contributed by atoms with Gasteiger partial charge in [0.05, 0.1) is 9.95 Å². The number of ether oxygens (including phenoxy) is 1. The number of Topliss-reactive ketones (excluding diaryl/α,β-unsaturated/α-hetero) is 1. The fraction of sp³-hybridized carbons (Fsp3) is 0.0714. The molecule has 0 spiro atoms. The lowest BCUT2D eigenvalue weighted by atomic mass is 10.1. The Labute approximate surface area is 130 Å². The van der Waals surface area contributed by atoms with Crippen LogP contribution in [0, 0.1) is 10.1 Å². The Hall–Kier alpha value is -2.11. The Balaban J connectivity index is 2.15. The monoisotopic (exact) mass is 325 g/mol. The van der Waals surface area contributed by atoms with Crippen LogP contribution in [0.4, 0.5) is 5.69 Å². The van der Waals surface area contributed by atoms with E-state index in [0.29, 0.717) is 10.6 Å². The van der Waals surface area contributed by atoms with E-state index in [-0.39, 0.29) is 28.8 Å². The van der Waals surface area contributed by atoms with Gasteiger partial charge in [0.1, 0.15) is 0 Å². The Bertz CT molecular complexity index is 703. The molecule has 0 aliphatic rings. The lowest BCUT2D eigenvalue weighted by molar-refractivity contribution is -0.385. The summed E-state index contributed by atoms with van der Waals surface area (Å²) in [5, 5.41) is 11.4. The molecule has 0 atom stereocenters. The summed E-state index contributed by atoms with van der Waals surface area (Å²) >= 11 is 11.6. The van der Waals surface area contributed by atoms with Gasteiger partial charge in [0.25, 0.3) is 0 Å². The second-order valence-corrected chi connectivity index (χ2v) is 4.90. The van der Waals surface area contributed by atoms with Gasteiger partial charge in [0.2, 0.25) is 5.78 Å². The highest BCUT2D eigenvalue weighted by molar-refractivity contribution is 6.34. The van der Waals surface area contributed by atoms with Crippen LogP contribution in [-0.4, -0.2) is 17.3 Å². The fourth-order valence-corrected chi connectivity index (χ4v) is 2.07. The summed E-state index contributed by atoms with van der Waals surface area (Å²) in [6.45, 7) is -0.355. The van der Waals surface area contributed by atoms with Gasteiger partial charge in [-0.2, -0.15) is 0 Å². The highest BCUT2D eigenvalue weighted by atomic mass is 35.5. The zero-order valence-electron chi connectivity index (χ0n) is 10.6. The molecule has 2 aromatic rings. The number of hydrogen-bond acceptors (Lipinski definition) is 4. The van der Waals surface area contributed by atoms with Gasteiger partial charge in [-0.05, 0) is 24.3 Å². The molecule has 0 unspecified atom stereocenters. The Kier molecular flexibility index (Phi) is 4.77. The zero-order chi connectivity index (χ0) is 15.4. The number of halogens is 2. The quantitative estimate of drug-likeness (QED) is 0.470. The molecule has 2 rings (SSSR count). The van der Waals surface area contributed by atoms with Gasteiger partial charge in [0.15, 0.2) is 12.4 Å². The van der Waals surface area contributed by atoms with Crippen molar-refractivity contribution in [2.45, 2.75) is 0 Å². The van der Waals surface area contributed by atoms with Crippen molar-refractivity contribution < 1.29 is 14.5 Å². The minimum absolute atomic E-state index is 0.0233. The number of carbonyl (C=O) groups excluding carboxylic acids is 1. The summed E-state index contributed by atoms with van der Waals surface area (Å²) in [5.41, 5.74) is 0.00485. The van der Waals surface area contributed by atoms with Crippen LogP contribution in [0.15, 0.2) is 42.5 Å². The average Bonchev–Trinajstić information content (AvgIpc) is 2.46.